The number of nitrogens with one attached hydrogen (secondary N) is 1. The van der Waals surface area contributed by atoms with Crippen molar-refractivity contribution in [1.82, 2.24) is 5.32 Å². The molecule has 19 heavy (non-hydrogen) atoms. The summed E-state index contributed by atoms with van der Waals surface area (Å²) in [6.45, 7) is 2.18. The number of hydrogen-bond donors (Lipinski definition) is 1. The Balaban J connectivity index is 1.98. The lowest BCUT2D eigenvalue weighted by Gasteiger charge is -2.16. The van der Waals surface area contributed by atoms with Crippen LogP contribution < -0.4 is 5.32 Å². The van der Waals surface area contributed by atoms with Gasteiger partial charge in [0.25, 0.3) is 5.91 Å². The van der Waals surface area contributed by atoms with Crippen LogP contribution in [0.15, 0.2) is 47.1 Å². The average molecular weight is 259 g/mol. The molecule has 0 saturated heterocycles. The van der Waals surface area contributed by atoms with Gasteiger partial charge in [-0.3, -0.25) is 4.79 Å². The summed E-state index contributed by atoms with van der Waals surface area (Å²) < 4.78 is 10.5. The van der Waals surface area contributed by atoms with E-state index in [0.717, 1.165) is 5.56 Å². The Labute approximate surface area is 112 Å². The molecule has 1 amide bonds. The van der Waals surface area contributed by atoms with Crippen LogP contribution in [0.1, 0.15) is 27.8 Å². The molecule has 1 N–H and O–H groups in total. The molecule has 0 radical (unpaired) electrons. The van der Waals surface area contributed by atoms with Crippen LogP contribution >= 0.6 is 0 Å². The highest BCUT2D eigenvalue weighted by Crippen LogP contribution is 2.15. The molecule has 4 heteroatoms. The normalized spacial score (nSPS) is 12.1. The summed E-state index contributed by atoms with van der Waals surface area (Å²) in [6.07, 6.45) is 1.35. The highest BCUT2D eigenvalue weighted by Gasteiger charge is 2.15. The monoisotopic (exact) mass is 259 g/mol. The highest BCUT2D eigenvalue weighted by molar-refractivity contribution is 5.95. The van der Waals surface area contributed by atoms with Crippen molar-refractivity contribution in [3.63, 3.8) is 0 Å². The number of ether oxygens (including phenoxy) is 1. The van der Waals surface area contributed by atoms with Crippen LogP contribution in [0.3, 0.4) is 0 Å². The Kier molecular flexibility index (Phi) is 4.36. The minimum atomic E-state index is -0.155. The van der Waals surface area contributed by atoms with Crippen LogP contribution in [0.5, 0.6) is 0 Å². The van der Waals surface area contributed by atoms with Crippen LogP contribution in [-0.2, 0) is 4.74 Å². The largest absolute Gasteiger partial charge is 0.469 e. The molecule has 1 aromatic heterocycles. The molecule has 0 aliphatic rings. The molecule has 2 rings (SSSR count). The number of methoxy groups -OCH3 is 1. The van der Waals surface area contributed by atoms with E-state index in [1.807, 2.05) is 30.3 Å². The lowest BCUT2D eigenvalue weighted by molar-refractivity contribution is 0.0827. The van der Waals surface area contributed by atoms with E-state index in [1.165, 1.54) is 6.26 Å². The summed E-state index contributed by atoms with van der Waals surface area (Å²) in [6, 6.07) is 11.5. The molecule has 100 valence electrons. The van der Waals surface area contributed by atoms with E-state index >= 15 is 0 Å². The second kappa shape index (κ2) is 6.20. The van der Waals surface area contributed by atoms with Crippen molar-refractivity contribution in [2.45, 2.75) is 13.0 Å². The van der Waals surface area contributed by atoms with Gasteiger partial charge >= 0.3 is 0 Å². The van der Waals surface area contributed by atoms with E-state index in [1.54, 1.807) is 20.1 Å². The van der Waals surface area contributed by atoms with Gasteiger partial charge in [0.15, 0.2) is 0 Å². The molecule has 0 aliphatic heterocycles. The van der Waals surface area contributed by atoms with E-state index in [0.29, 0.717) is 17.9 Å². The second-order valence-electron chi connectivity index (χ2n) is 4.24. The quantitative estimate of drug-likeness (QED) is 0.898. The summed E-state index contributed by atoms with van der Waals surface area (Å²) in [5.41, 5.74) is 1.59. The van der Waals surface area contributed by atoms with Crippen molar-refractivity contribution in [2.24, 2.45) is 0 Å². The molecule has 0 saturated carbocycles. The van der Waals surface area contributed by atoms with Gasteiger partial charge < -0.3 is 14.5 Å². The minimum absolute atomic E-state index is 0.149. The van der Waals surface area contributed by atoms with E-state index in [2.05, 4.69) is 5.32 Å². The first kappa shape index (κ1) is 13.4. The summed E-state index contributed by atoms with van der Waals surface area (Å²) >= 11 is 0. The van der Waals surface area contributed by atoms with Gasteiger partial charge in [-0.25, -0.2) is 0 Å². The number of hydrogen-bond acceptors (Lipinski definition) is 3. The maximum Gasteiger partial charge on any atom is 0.254 e. The molecule has 0 aliphatic carbocycles. The van der Waals surface area contributed by atoms with Crippen molar-refractivity contribution in [1.29, 1.82) is 0 Å². The van der Waals surface area contributed by atoms with Gasteiger partial charge in [0.05, 0.1) is 17.9 Å². The number of carbonyl (C=O) groups excluding carboxylic acids is 1. The van der Waals surface area contributed by atoms with Gasteiger partial charge in [-0.1, -0.05) is 30.3 Å². The molecule has 0 bridgehead atoms. The fourth-order valence-electron chi connectivity index (χ4n) is 1.91. The molecular weight excluding hydrogens is 242 g/mol. The Hall–Kier alpha value is -2.07. The Morgan fingerprint density at radius 3 is 2.63 bits per heavy atom. The number of rotatable bonds is 5. The summed E-state index contributed by atoms with van der Waals surface area (Å²) in [5, 5.41) is 2.85. The first-order valence-electron chi connectivity index (χ1n) is 6.12. The van der Waals surface area contributed by atoms with Gasteiger partial charge in [0, 0.05) is 13.7 Å². The third-order valence-corrected chi connectivity index (χ3v) is 3.01. The Bertz CT molecular complexity index is 533. The van der Waals surface area contributed by atoms with Crippen LogP contribution in [0.4, 0.5) is 0 Å². The maximum absolute atomic E-state index is 12.0. The molecule has 0 spiro atoms. The standard InChI is InChI=1S/C15H17NO3/c1-11-13(8-9-19-11)15(17)16-10-14(18-2)12-6-4-3-5-7-12/h3-9,14H,10H2,1-2H3,(H,16,17). The average Bonchev–Trinajstić information content (AvgIpc) is 2.87. The number of aryl methyl sites for hydroxylation is 1. The van der Waals surface area contributed by atoms with Crippen LogP contribution in [-0.4, -0.2) is 19.6 Å². The summed E-state index contributed by atoms with van der Waals surface area (Å²) in [7, 11) is 1.63. The molecule has 1 heterocycles. The molecular formula is C15H17NO3. The van der Waals surface area contributed by atoms with Crippen LogP contribution in [0.2, 0.25) is 0 Å². The second-order valence-corrected chi connectivity index (χ2v) is 4.24. The molecule has 1 aromatic carbocycles. The predicted molar refractivity (Wildman–Crippen MR) is 72.0 cm³/mol. The smallest absolute Gasteiger partial charge is 0.254 e. The van der Waals surface area contributed by atoms with Gasteiger partial charge in [-0.2, -0.15) is 0 Å². The number of furan rings is 1. The van der Waals surface area contributed by atoms with Crippen molar-refractivity contribution in [2.75, 3.05) is 13.7 Å². The molecule has 4 nitrogen and oxygen atoms in total. The Morgan fingerprint density at radius 1 is 1.32 bits per heavy atom. The first-order chi connectivity index (χ1) is 9.22. The SMILES string of the molecule is COC(CNC(=O)c1ccoc1C)c1ccccc1. The van der Waals surface area contributed by atoms with Crippen molar-refractivity contribution in [3.05, 3.63) is 59.5 Å². The van der Waals surface area contributed by atoms with E-state index < -0.39 is 0 Å². The number of benzene rings is 1. The van der Waals surface area contributed by atoms with Crippen LogP contribution in [0, 0.1) is 6.92 Å². The Morgan fingerprint density at radius 2 is 2.05 bits per heavy atom. The summed E-state index contributed by atoms with van der Waals surface area (Å²) in [5.74, 6) is 0.468. The third-order valence-electron chi connectivity index (χ3n) is 3.01. The van der Waals surface area contributed by atoms with Gasteiger partial charge in [-0.05, 0) is 18.6 Å². The number of carbonyl (C=O) groups is 1. The van der Waals surface area contributed by atoms with Crippen molar-refractivity contribution >= 4 is 5.91 Å². The number of amides is 1. The third kappa shape index (κ3) is 3.23. The zero-order valence-corrected chi connectivity index (χ0v) is 11.1. The molecule has 1 atom stereocenters. The van der Waals surface area contributed by atoms with Crippen molar-refractivity contribution < 1.29 is 13.9 Å². The van der Waals surface area contributed by atoms with Crippen LogP contribution in [0.25, 0.3) is 0 Å². The van der Waals surface area contributed by atoms with Gasteiger partial charge in [-0.15, -0.1) is 0 Å². The fourth-order valence-corrected chi connectivity index (χ4v) is 1.91. The fraction of sp³-hybridized carbons (Fsp3) is 0.267. The molecule has 0 fully saturated rings. The lowest BCUT2D eigenvalue weighted by atomic mass is 10.1. The van der Waals surface area contributed by atoms with Crippen molar-refractivity contribution in [3.8, 4) is 0 Å². The highest BCUT2D eigenvalue weighted by atomic mass is 16.5. The molecule has 2 aromatic rings. The zero-order valence-electron chi connectivity index (χ0n) is 11.1. The molecule has 1 unspecified atom stereocenters. The minimum Gasteiger partial charge on any atom is -0.469 e. The summed E-state index contributed by atoms with van der Waals surface area (Å²) in [4.78, 5) is 12.0. The first-order valence-corrected chi connectivity index (χ1v) is 6.12. The maximum atomic E-state index is 12.0. The zero-order chi connectivity index (χ0) is 13.7. The predicted octanol–water partition coefficient (Wildman–Crippen LogP) is 2.71. The van der Waals surface area contributed by atoms with E-state index in [4.69, 9.17) is 9.15 Å². The van der Waals surface area contributed by atoms with E-state index in [9.17, 15) is 4.79 Å². The topological polar surface area (TPSA) is 51.5 Å². The lowest BCUT2D eigenvalue weighted by Crippen LogP contribution is -2.29. The van der Waals surface area contributed by atoms with E-state index in [-0.39, 0.29) is 12.0 Å². The van der Waals surface area contributed by atoms with Gasteiger partial charge in [0.2, 0.25) is 0 Å². The van der Waals surface area contributed by atoms with Gasteiger partial charge in [0.1, 0.15) is 5.76 Å².